The summed E-state index contributed by atoms with van der Waals surface area (Å²) in [6.07, 6.45) is 3.85. The molecule has 1 fully saturated rings. The number of anilines is 1. The third-order valence-electron chi connectivity index (χ3n) is 5.90. The van der Waals surface area contributed by atoms with Crippen molar-refractivity contribution in [3.8, 4) is 0 Å². The molecule has 0 bridgehead atoms. The second-order valence-corrected chi connectivity index (χ2v) is 13.6. The number of aliphatic hydroxyl groups excluding tert-OH is 1. The summed E-state index contributed by atoms with van der Waals surface area (Å²) in [6, 6.07) is -0.226. The van der Waals surface area contributed by atoms with Crippen LogP contribution >= 0.6 is 0 Å². The molecule has 2 aromatic heterocycles. The van der Waals surface area contributed by atoms with Gasteiger partial charge in [0.05, 0.1) is 25.1 Å². The van der Waals surface area contributed by atoms with Gasteiger partial charge in [-0.2, -0.15) is 0 Å². The van der Waals surface area contributed by atoms with Gasteiger partial charge in [0.15, 0.2) is 19.8 Å². The van der Waals surface area contributed by atoms with Crippen molar-refractivity contribution in [2.24, 2.45) is 0 Å². The first-order chi connectivity index (χ1) is 12.6. The van der Waals surface area contributed by atoms with Crippen LogP contribution in [0.4, 0.5) is 5.82 Å². The van der Waals surface area contributed by atoms with E-state index in [1.807, 2.05) is 4.57 Å². The fraction of sp³-hybridized carbons (Fsp3) is 0.722. The second-order valence-electron chi connectivity index (χ2n) is 8.76. The number of fused-ring (bicyclic) bond motifs is 1. The zero-order valence-electron chi connectivity index (χ0n) is 16.8. The van der Waals surface area contributed by atoms with Crippen molar-refractivity contribution in [1.82, 2.24) is 19.5 Å². The number of hydrogen-bond donors (Lipinski definition) is 2. The van der Waals surface area contributed by atoms with E-state index < -0.39 is 14.4 Å². The van der Waals surface area contributed by atoms with Crippen LogP contribution in [0, 0.1) is 0 Å². The molecule has 0 aliphatic carbocycles. The molecule has 3 atom stereocenters. The van der Waals surface area contributed by atoms with Crippen LogP contribution in [0.25, 0.3) is 11.2 Å². The topological polar surface area (TPSA) is 108 Å². The molecule has 0 radical (unpaired) electrons. The Bertz CT molecular complexity index is 789. The minimum atomic E-state index is -1.73. The lowest BCUT2D eigenvalue weighted by atomic mass is 10.1. The first-order valence-corrected chi connectivity index (χ1v) is 12.4. The number of ether oxygens (including phenoxy) is 1. The molecular formula is C18H31N5O3Si. The van der Waals surface area contributed by atoms with Crippen molar-refractivity contribution in [2.75, 3.05) is 18.9 Å². The van der Waals surface area contributed by atoms with Gasteiger partial charge in [-0.1, -0.05) is 20.8 Å². The highest BCUT2D eigenvalue weighted by molar-refractivity contribution is 6.74. The van der Waals surface area contributed by atoms with Crippen LogP contribution < -0.4 is 5.73 Å². The van der Waals surface area contributed by atoms with Crippen LogP contribution in [0.3, 0.4) is 0 Å². The third kappa shape index (κ3) is 4.01. The van der Waals surface area contributed by atoms with E-state index in [2.05, 4.69) is 48.8 Å². The van der Waals surface area contributed by atoms with Crippen molar-refractivity contribution in [3.05, 3.63) is 12.7 Å². The lowest BCUT2D eigenvalue weighted by Gasteiger charge is -2.36. The molecule has 1 aliphatic heterocycles. The number of aliphatic hydroxyl groups is 1. The molecule has 1 saturated heterocycles. The van der Waals surface area contributed by atoms with Gasteiger partial charge in [-0.05, 0) is 31.0 Å². The molecule has 0 amide bonds. The van der Waals surface area contributed by atoms with Crippen LogP contribution in [0.2, 0.25) is 18.1 Å². The quantitative estimate of drug-likeness (QED) is 0.573. The summed E-state index contributed by atoms with van der Waals surface area (Å²) in [5, 5.41) is 11.0. The Labute approximate surface area is 161 Å². The molecule has 0 unspecified atom stereocenters. The van der Waals surface area contributed by atoms with Gasteiger partial charge >= 0.3 is 0 Å². The van der Waals surface area contributed by atoms with Crippen LogP contribution in [-0.2, 0) is 9.16 Å². The van der Waals surface area contributed by atoms with E-state index in [1.165, 1.54) is 6.33 Å². The maximum atomic E-state index is 10.8. The lowest BCUT2D eigenvalue weighted by molar-refractivity contribution is 0.0302. The molecular weight excluding hydrogens is 362 g/mol. The van der Waals surface area contributed by atoms with E-state index in [0.29, 0.717) is 30.2 Å². The van der Waals surface area contributed by atoms with Gasteiger partial charge in [0.1, 0.15) is 17.9 Å². The minimum absolute atomic E-state index is 0.202. The van der Waals surface area contributed by atoms with E-state index in [0.717, 1.165) is 12.8 Å². The SMILES string of the molecule is CC(C)(C)[Si](C)(C)OCCC[C@@H]1OC[C@H](n2cnc3c(N)ncnc32)[C@H]1O. The predicted molar refractivity (Wildman–Crippen MR) is 107 cm³/mol. The maximum Gasteiger partial charge on any atom is 0.191 e. The zero-order chi connectivity index (χ0) is 19.8. The highest BCUT2D eigenvalue weighted by Crippen LogP contribution is 2.37. The number of nitrogen functional groups attached to an aromatic ring is 1. The average molecular weight is 394 g/mol. The highest BCUT2D eigenvalue weighted by Gasteiger charge is 2.39. The summed E-state index contributed by atoms with van der Waals surface area (Å²) >= 11 is 0. The standard InChI is InChI=1S/C18H31N5O3Si/c1-18(2,3)27(4,5)26-8-6-7-13-15(24)12(9-25-13)23-11-22-14-16(19)20-10-21-17(14)23/h10-13,15,24H,6-9H2,1-5H3,(H2,19,20,21)/t12-,13-,15+/m0/s1. The Kier molecular flexibility index (Phi) is 5.58. The van der Waals surface area contributed by atoms with Crippen LogP contribution in [0.1, 0.15) is 39.7 Å². The predicted octanol–water partition coefficient (Wildman–Crippen LogP) is 2.51. The Morgan fingerprint density at radius 1 is 1.33 bits per heavy atom. The third-order valence-corrected chi connectivity index (χ3v) is 10.4. The van der Waals surface area contributed by atoms with E-state index in [9.17, 15) is 5.11 Å². The van der Waals surface area contributed by atoms with Gasteiger partial charge in [0, 0.05) is 6.61 Å². The number of nitrogens with two attached hydrogens (primary N) is 1. The Balaban J connectivity index is 1.57. The molecule has 9 heteroatoms. The Morgan fingerprint density at radius 3 is 2.78 bits per heavy atom. The number of aromatic nitrogens is 4. The summed E-state index contributed by atoms with van der Waals surface area (Å²) in [5.41, 5.74) is 7.02. The first kappa shape index (κ1) is 20.2. The van der Waals surface area contributed by atoms with Gasteiger partial charge in [-0.15, -0.1) is 0 Å². The zero-order valence-corrected chi connectivity index (χ0v) is 17.8. The summed E-state index contributed by atoms with van der Waals surface area (Å²) in [4.78, 5) is 12.5. The molecule has 27 heavy (non-hydrogen) atoms. The second kappa shape index (κ2) is 7.46. The van der Waals surface area contributed by atoms with Crippen molar-refractivity contribution in [2.45, 2.75) is 70.0 Å². The van der Waals surface area contributed by atoms with E-state index in [1.54, 1.807) is 6.33 Å². The average Bonchev–Trinajstić information content (AvgIpc) is 3.15. The Morgan fingerprint density at radius 2 is 2.07 bits per heavy atom. The monoisotopic (exact) mass is 393 g/mol. The Hall–Kier alpha value is -1.55. The molecule has 0 saturated carbocycles. The van der Waals surface area contributed by atoms with E-state index >= 15 is 0 Å². The number of rotatable bonds is 6. The minimum Gasteiger partial charge on any atom is -0.417 e. The van der Waals surface area contributed by atoms with Crippen LogP contribution in [0.5, 0.6) is 0 Å². The summed E-state index contributed by atoms with van der Waals surface area (Å²) in [7, 11) is -1.73. The molecule has 8 nitrogen and oxygen atoms in total. The fourth-order valence-corrected chi connectivity index (χ4v) is 4.19. The fourth-order valence-electron chi connectivity index (χ4n) is 3.11. The molecule has 1 aliphatic rings. The van der Waals surface area contributed by atoms with Gasteiger partial charge < -0.3 is 24.6 Å². The van der Waals surface area contributed by atoms with Crippen LogP contribution in [0.15, 0.2) is 12.7 Å². The van der Waals surface area contributed by atoms with Crippen molar-refractivity contribution in [1.29, 1.82) is 0 Å². The number of imidazole rings is 1. The van der Waals surface area contributed by atoms with Crippen molar-refractivity contribution >= 4 is 25.3 Å². The summed E-state index contributed by atoms with van der Waals surface area (Å²) in [6.45, 7) is 12.3. The van der Waals surface area contributed by atoms with Gasteiger partial charge in [0.25, 0.3) is 0 Å². The lowest BCUT2D eigenvalue weighted by Crippen LogP contribution is -2.41. The van der Waals surface area contributed by atoms with Gasteiger partial charge in [0.2, 0.25) is 0 Å². The van der Waals surface area contributed by atoms with E-state index in [4.69, 9.17) is 14.9 Å². The van der Waals surface area contributed by atoms with Crippen molar-refractivity contribution < 1.29 is 14.3 Å². The molecule has 150 valence electrons. The molecule has 2 aromatic rings. The molecule has 3 heterocycles. The van der Waals surface area contributed by atoms with Crippen LogP contribution in [-0.4, -0.2) is 58.4 Å². The number of hydrogen-bond acceptors (Lipinski definition) is 7. The van der Waals surface area contributed by atoms with Gasteiger partial charge in [-0.25, -0.2) is 15.0 Å². The maximum absolute atomic E-state index is 10.8. The normalized spacial score (nSPS) is 24.0. The molecule has 3 N–H and O–H groups in total. The largest absolute Gasteiger partial charge is 0.417 e. The first-order valence-electron chi connectivity index (χ1n) is 9.48. The van der Waals surface area contributed by atoms with Crippen molar-refractivity contribution in [3.63, 3.8) is 0 Å². The summed E-state index contributed by atoms with van der Waals surface area (Å²) in [5.74, 6) is 0.339. The van der Waals surface area contributed by atoms with E-state index in [-0.39, 0.29) is 17.2 Å². The molecule has 3 rings (SSSR count). The molecule has 0 aromatic carbocycles. The molecule has 0 spiro atoms. The van der Waals surface area contributed by atoms with Gasteiger partial charge in [-0.3, -0.25) is 0 Å². The highest BCUT2D eigenvalue weighted by atomic mass is 28.4. The smallest absolute Gasteiger partial charge is 0.191 e. The summed E-state index contributed by atoms with van der Waals surface area (Å²) < 4.78 is 13.9. The number of nitrogens with zero attached hydrogens (tertiary/aromatic N) is 4.